The van der Waals surface area contributed by atoms with Gasteiger partial charge in [-0.25, -0.2) is 9.97 Å². The smallest absolute Gasteiger partial charge is 0.137 e. The Hall–Kier alpha value is -1.92. The van der Waals surface area contributed by atoms with E-state index in [0.717, 1.165) is 48.2 Å². The van der Waals surface area contributed by atoms with E-state index in [1.54, 1.807) is 6.33 Å². The van der Waals surface area contributed by atoms with Gasteiger partial charge in [0, 0.05) is 35.7 Å². The number of hydrogen-bond acceptors (Lipinski definition) is 6. The third-order valence-corrected chi connectivity index (χ3v) is 6.75. The minimum Gasteiger partial charge on any atom is -0.399 e. The zero-order valence-corrected chi connectivity index (χ0v) is 15.8. The van der Waals surface area contributed by atoms with Crippen LogP contribution in [-0.4, -0.2) is 52.8 Å². The van der Waals surface area contributed by atoms with Gasteiger partial charge in [0.25, 0.3) is 0 Å². The Morgan fingerprint density at radius 3 is 2.52 bits per heavy atom. The highest BCUT2D eigenvalue weighted by atomic mass is 16.5. The van der Waals surface area contributed by atoms with Crippen LogP contribution in [0.1, 0.15) is 38.5 Å². The molecule has 2 bridgehead atoms. The average Bonchev–Trinajstić information content (AvgIpc) is 2.95. The van der Waals surface area contributed by atoms with Gasteiger partial charge in [-0.1, -0.05) is 0 Å². The number of hydrogen-bond donors (Lipinski definition) is 2. The summed E-state index contributed by atoms with van der Waals surface area (Å²) in [5.41, 5.74) is 7.64. The summed E-state index contributed by atoms with van der Waals surface area (Å²) in [5.74, 6) is 1.62. The maximum atomic E-state index is 5.95. The molecule has 2 aliphatic heterocycles. The first-order valence-corrected chi connectivity index (χ1v) is 10.4. The van der Waals surface area contributed by atoms with Crippen molar-refractivity contribution in [3.63, 3.8) is 0 Å². The van der Waals surface area contributed by atoms with E-state index in [1.165, 1.54) is 38.5 Å². The molecule has 0 amide bonds. The van der Waals surface area contributed by atoms with Gasteiger partial charge >= 0.3 is 0 Å². The van der Waals surface area contributed by atoms with E-state index in [-0.39, 0.29) is 0 Å². The van der Waals surface area contributed by atoms with E-state index in [4.69, 9.17) is 10.5 Å². The molecule has 27 heavy (non-hydrogen) atoms. The lowest BCUT2D eigenvalue weighted by molar-refractivity contribution is -0.0456. The minimum absolute atomic E-state index is 0.682. The summed E-state index contributed by atoms with van der Waals surface area (Å²) in [6, 6.07) is 7.94. The van der Waals surface area contributed by atoms with Crippen LogP contribution >= 0.6 is 0 Å². The van der Waals surface area contributed by atoms with Crippen LogP contribution in [0.4, 0.5) is 11.5 Å². The van der Waals surface area contributed by atoms with E-state index < -0.39 is 0 Å². The van der Waals surface area contributed by atoms with E-state index in [1.807, 2.05) is 18.2 Å². The number of nitrogens with zero attached hydrogens (tertiary/aromatic N) is 3. The fourth-order valence-corrected chi connectivity index (χ4v) is 5.36. The summed E-state index contributed by atoms with van der Waals surface area (Å²) in [7, 11) is 0. The first kappa shape index (κ1) is 17.2. The molecule has 1 aromatic carbocycles. The number of fused-ring (bicyclic) bond motifs is 3. The molecule has 0 spiro atoms. The van der Waals surface area contributed by atoms with Gasteiger partial charge in [0.05, 0.1) is 18.7 Å². The van der Waals surface area contributed by atoms with Crippen molar-refractivity contribution < 1.29 is 4.74 Å². The third-order valence-electron chi connectivity index (χ3n) is 6.75. The molecule has 3 fully saturated rings. The number of nitrogens with one attached hydrogen (secondary N) is 1. The van der Waals surface area contributed by atoms with E-state index in [9.17, 15) is 0 Å². The fourth-order valence-electron chi connectivity index (χ4n) is 5.36. The molecule has 3 aliphatic rings. The Bertz CT molecular complexity index is 788. The van der Waals surface area contributed by atoms with Crippen molar-refractivity contribution in [1.29, 1.82) is 0 Å². The van der Waals surface area contributed by atoms with Crippen molar-refractivity contribution in [2.24, 2.45) is 5.92 Å². The molecule has 5 rings (SSSR count). The van der Waals surface area contributed by atoms with Crippen LogP contribution in [0.5, 0.6) is 0 Å². The number of benzene rings is 1. The van der Waals surface area contributed by atoms with Crippen LogP contribution in [0.25, 0.3) is 10.9 Å². The molecule has 3 heterocycles. The van der Waals surface area contributed by atoms with Crippen molar-refractivity contribution in [2.45, 2.75) is 56.7 Å². The van der Waals surface area contributed by atoms with Crippen molar-refractivity contribution in [1.82, 2.24) is 14.9 Å². The molecule has 1 aliphatic carbocycles. The molecular formula is C21H29N5O. The molecular weight excluding hydrogens is 338 g/mol. The largest absolute Gasteiger partial charge is 0.399 e. The van der Waals surface area contributed by atoms with Crippen molar-refractivity contribution in [3.05, 3.63) is 24.5 Å². The summed E-state index contributed by atoms with van der Waals surface area (Å²) >= 11 is 0. The van der Waals surface area contributed by atoms with Crippen molar-refractivity contribution in [2.75, 3.05) is 30.8 Å². The number of ether oxygens (including phenoxy) is 1. The van der Waals surface area contributed by atoms with Crippen LogP contribution in [0.3, 0.4) is 0 Å². The van der Waals surface area contributed by atoms with Crippen LogP contribution < -0.4 is 11.1 Å². The molecule has 144 valence electrons. The summed E-state index contributed by atoms with van der Waals surface area (Å²) in [6.45, 7) is 2.87. The van der Waals surface area contributed by atoms with E-state index in [2.05, 4.69) is 20.2 Å². The van der Waals surface area contributed by atoms with E-state index in [0.29, 0.717) is 18.0 Å². The second kappa shape index (κ2) is 7.24. The maximum Gasteiger partial charge on any atom is 0.137 e. The highest BCUT2D eigenvalue weighted by Gasteiger charge is 2.42. The predicted molar refractivity (Wildman–Crippen MR) is 108 cm³/mol. The van der Waals surface area contributed by atoms with Crippen LogP contribution in [-0.2, 0) is 4.74 Å². The monoisotopic (exact) mass is 367 g/mol. The topological polar surface area (TPSA) is 76.3 Å². The number of aromatic nitrogens is 2. The Labute approximate surface area is 160 Å². The van der Waals surface area contributed by atoms with Crippen molar-refractivity contribution >= 4 is 22.4 Å². The van der Waals surface area contributed by atoms with Gasteiger partial charge in [0.15, 0.2) is 0 Å². The number of rotatable bonds is 4. The van der Waals surface area contributed by atoms with Gasteiger partial charge in [0.1, 0.15) is 12.1 Å². The molecule has 2 saturated heterocycles. The van der Waals surface area contributed by atoms with Gasteiger partial charge in [0.2, 0.25) is 0 Å². The minimum atomic E-state index is 0.682. The summed E-state index contributed by atoms with van der Waals surface area (Å²) in [5, 5.41) is 4.58. The Kier molecular flexibility index (Phi) is 4.61. The predicted octanol–water partition coefficient (Wildman–Crippen LogP) is 3.05. The maximum absolute atomic E-state index is 5.95. The molecule has 2 aromatic rings. The van der Waals surface area contributed by atoms with Crippen LogP contribution in [0.15, 0.2) is 24.5 Å². The lowest BCUT2D eigenvalue weighted by atomic mass is 9.84. The van der Waals surface area contributed by atoms with Gasteiger partial charge in [-0.15, -0.1) is 0 Å². The zero-order chi connectivity index (χ0) is 18.2. The van der Waals surface area contributed by atoms with Gasteiger partial charge in [-0.05, 0) is 62.6 Å². The highest BCUT2D eigenvalue weighted by Crippen LogP contribution is 2.37. The highest BCUT2D eigenvalue weighted by molar-refractivity contribution is 5.91. The quantitative estimate of drug-likeness (QED) is 0.809. The molecule has 3 N–H and O–H groups in total. The number of nitrogen functional groups attached to an aromatic ring is 1. The lowest BCUT2D eigenvalue weighted by Crippen LogP contribution is -2.52. The molecule has 2 unspecified atom stereocenters. The first-order chi connectivity index (χ1) is 13.3. The summed E-state index contributed by atoms with van der Waals surface area (Å²) < 4.78 is 5.76. The second-order valence-electron chi connectivity index (χ2n) is 8.42. The first-order valence-electron chi connectivity index (χ1n) is 10.4. The summed E-state index contributed by atoms with van der Waals surface area (Å²) in [4.78, 5) is 11.6. The van der Waals surface area contributed by atoms with Crippen LogP contribution in [0.2, 0.25) is 0 Å². The standard InChI is InChI=1S/C21H29N5O/c22-15-3-8-20-19(9-15)21(25-13-24-20)23-10-14-1-4-16(5-2-14)26-17-6-7-18(26)12-27-11-17/h3,8-9,13-14,16-18H,1-2,4-7,10-12,22H2,(H,23,24,25). The number of anilines is 2. The molecule has 2 atom stereocenters. The normalized spacial score (nSPS) is 31.3. The third kappa shape index (κ3) is 3.36. The number of morpholine rings is 1. The Morgan fingerprint density at radius 1 is 1.00 bits per heavy atom. The van der Waals surface area contributed by atoms with Gasteiger partial charge < -0.3 is 15.8 Å². The average molecular weight is 367 g/mol. The Morgan fingerprint density at radius 2 is 1.74 bits per heavy atom. The Balaban J connectivity index is 1.19. The van der Waals surface area contributed by atoms with Gasteiger partial charge in [-0.2, -0.15) is 0 Å². The molecule has 1 aromatic heterocycles. The van der Waals surface area contributed by atoms with Gasteiger partial charge in [-0.3, -0.25) is 4.90 Å². The fraction of sp³-hybridized carbons (Fsp3) is 0.619. The second-order valence-corrected chi connectivity index (χ2v) is 8.42. The zero-order valence-electron chi connectivity index (χ0n) is 15.8. The molecule has 1 saturated carbocycles. The lowest BCUT2D eigenvalue weighted by Gasteiger charge is -2.43. The molecule has 6 nitrogen and oxygen atoms in total. The van der Waals surface area contributed by atoms with Crippen molar-refractivity contribution in [3.8, 4) is 0 Å². The molecule has 0 radical (unpaired) electrons. The summed E-state index contributed by atoms with van der Waals surface area (Å²) in [6.07, 6.45) is 9.50. The van der Waals surface area contributed by atoms with E-state index >= 15 is 0 Å². The van der Waals surface area contributed by atoms with Crippen LogP contribution in [0, 0.1) is 5.92 Å². The number of nitrogens with two attached hydrogens (primary N) is 1. The SMILES string of the molecule is Nc1ccc2ncnc(NCC3CCC(N4C5CCC4COC5)CC3)c2c1. The molecule has 6 heteroatoms.